The molecule has 0 saturated carbocycles. The van der Waals surface area contributed by atoms with Crippen LogP contribution in [0.3, 0.4) is 0 Å². The van der Waals surface area contributed by atoms with Crippen molar-refractivity contribution in [3.63, 3.8) is 0 Å². The maximum absolute atomic E-state index is 12.0. The Morgan fingerprint density at radius 1 is 1.20 bits per heavy atom. The van der Waals surface area contributed by atoms with E-state index in [0.29, 0.717) is 19.6 Å². The fourth-order valence-electron chi connectivity index (χ4n) is 2.05. The Morgan fingerprint density at radius 3 is 2.15 bits per heavy atom. The van der Waals surface area contributed by atoms with Crippen LogP contribution in [0.25, 0.3) is 0 Å². The summed E-state index contributed by atoms with van der Waals surface area (Å²) in [7, 11) is -1.14. The molecule has 120 valence electrons. The molecule has 1 aliphatic rings. The lowest BCUT2D eigenvalue weighted by atomic mass is 9.94. The molecule has 1 saturated heterocycles. The molecule has 0 spiro atoms. The molecule has 0 aromatic carbocycles. The van der Waals surface area contributed by atoms with Crippen molar-refractivity contribution in [3.05, 3.63) is 0 Å². The third kappa shape index (κ3) is 5.07. The average molecular weight is 308 g/mol. The highest BCUT2D eigenvalue weighted by molar-refractivity contribution is 7.86. The normalized spacial score (nSPS) is 25.1. The summed E-state index contributed by atoms with van der Waals surface area (Å²) in [6, 6.07) is 0. The van der Waals surface area contributed by atoms with Gasteiger partial charge in [-0.25, -0.2) is 0 Å². The first-order valence-electron chi connectivity index (χ1n) is 7.08. The molecular weight excluding hydrogens is 280 g/mol. The molecule has 5 nitrogen and oxygen atoms in total. The van der Waals surface area contributed by atoms with Gasteiger partial charge in [0.05, 0.1) is 31.2 Å². The highest BCUT2D eigenvalue weighted by Gasteiger charge is 2.37. The van der Waals surface area contributed by atoms with Crippen LogP contribution < -0.4 is 0 Å². The quantitative estimate of drug-likeness (QED) is 0.767. The van der Waals surface area contributed by atoms with Gasteiger partial charge in [-0.1, -0.05) is 6.92 Å². The molecule has 4 atom stereocenters. The Morgan fingerprint density at radius 2 is 1.70 bits per heavy atom. The fraction of sp³-hybridized carbons (Fsp3) is 1.00. The van der Waals surface area contributed by atoms with Crippen molar-refractivity contribution >= 4 is 10.8 Å². The van der Waals surface area contributed by atoms with Gasteiger partial charge in [-0.3, -0.25) is 4.21 Å². The van der Waals surface area contributed by atoms with Crippen LogP contribution in [0.1, 0.15) is 41.0 Å². The zero-order valence-electron chi connectivity index (χ0n) is 13.1. The molecule has 0 amide bonds. The van der Waals surface area contributed by atoms with Crippen LogP contribution in [-0.4, -0.2) is 56.1 Å². The number of ether oxygens (including phenoxy) is 2. The van der Waals surface area contributed by atoms with Gasteiger partial charge in [-0.2, -0.15) is 0 Å². The molecule has 1 heterocycles. The molecule has 1 aliphatic heterocycles. The molecule has 1 rings (SSSR count). The molecule has 1 unspecified atom stereocenters. The third-order valence-corrected chi connectivity index (χ3v) is 5.71. The zero-order valence-corrected chi connectivity index (χ0v) is 13.9. The summed E-state index contributed by atoms with van der Waals surface area (Å²) in [4.78, 5) is 0. The van der Waals surface area contributed by atoms with E-state index in [1.165, 1.54) is 0 Å². The molecule has 0 radical (unpaired) electrons. The predicted octanol–water partition coefficient (Wildman–Crippen LogP) is 1.04. The standard InChI is InChI=1S/C14H28O5S/c1-10(12(16)9-20(17)13(2,3)4)11(15)8-14(5)18-6-7-19-14/h10-12,15-16H,6-9H2,1-5H3/t10-,11+,12+,20?/m1/s1. The van der Waals surface area contributed by atoms with Gasteiger partial charge in [-0.15, -0.1) is 0 Å². The smallest absolute Gasteiger partial charge is 0.168 e. The second-order valence-electron chi connectivity index (χ2n) is 6.65. The van der Waals surface area contributed by atoms with Crippen LogP contribution in [0, 0.1) is 5.92 Å². The highest BCUT2D eigenvalue weighted by atomic mass is 32.2. The lowest BCUT2D eigenvalue weighted by Gasteiger charge is -2.31. The van der Waals surface area contributed by atoms with Crippen molar-refractivity contribution in [2.24, 2.45) is 5.92 Å². The van der Waals surface area contributed by atoms with Gasteiger partial charge in [0.15, 0.2) is 5.79 Å². The maximum atomic E-state index is 12.0. The minimum atomic E-state index is -1.14. The van der Waals surface area contributed by atoms with E-state index in [0.717, 1.165) is 0 Å². The van der Waals surface area contributed by atoms with E-state index in [1.807, 2.05) is 20.8 Å². The second-order valence-corrected chi connectivity index (χ2v) is 8.90. The Hall–Kier alpha value is -0.0100. The highest BCUT2D eigenvalue weighted by Crippen LogP contribution is 2.28. The van der Waals surface area contributed by atoms with E-state index in [4.69, 9.17) is 9.47 Å². The summed E-state index contributed by atoms with van der Waals surface area (Å²) in [6.45, 7) is 10.2. The molecule has 0 aliphatic carbocycles. The number of hydrogen-bond acceptors (Lipinski definition) is 5. The Bertz CT molecular complexity index is 333. The summed E-state index contributed by atoms with van der Waals surface area (Å²) in [5, 5.41) is 20.4. The average Bonchev–Trinajstić information content (AvgIpc) is 2.73. The van der Waals surface area contributed by atoms with Gasteiger partial charge in [0.1, 0.15) is 0 Å². The van der Waals surface area contributed by atoms with E-state index in [-0.39, 0.29) is 16.4 Å². The van der Waals surface area contributed by atoms with Gasteiger partial charge in [0, 0.05) is 27.9 Å². The molecule has 0 bridgehead atoms. The van der Waals surface area contributed by atoms with Crippen LogP contribution in [0.2, 0.25) is 0 Å². The first-order chi connectivity index (χ1) is 9.05. The summed E-state index contributed by atoms with van der Waals surface area (Å²) < 4.78 is 22.6. The van der Waals surface area contributed by atoms with Gasteiger partial charge in [0.2, 0.25) is 0 Å². The Balaban J connectivity index is 2.51. The first-order valence-corrected chi connectivity index (χ1v) is 8.39. The third-order valence-electron chi connectivity index (χ3n) is 3.70. The van der Waals surface area contributed by atoms with E-state index in [1.54, 1.807) is 13.8 Å². The van der Waals surface area contributed by atoms with Crippen molar-refractivity contribution in [2.75, 3.05) is 19.0 Å². The van der Waals surface area contributed by atoms with E-state index in [2.05, 4.69) is 0 Å². The summed E-state index contributed by atoms with van der Waals surface area (Å²) >= 11 is 0. The van der Waals surface area contributed by atoms with Crippen LogP contribution in [0.4, 0.5) is 0 Å². The first kappa shape index (κ1) is 18.0. The number of rotatable bonds is 6. The van der Waals surface area contributed by atoms with Crippen molar-refractivity contribution in [1.29, 1.82) is 0 Å². The Labute approximate surface area is 124 Å². The molecule has 20 heavy (non-hydrogen) atoms. The zero-order chi connectivity index (χ0) is 15.6. The van der Waals surface area contributed by atoms with Crippen LogP contribution in [0.15, 0.2) is 0 Å². The van der Waals surface area contributed by atoms with E-state index < -0.39 is 28.8 Å². The largest absolute Gasteiger partial charge is 0.393 e. The van der Waals surface area contributed by atoms with E-state index >= 15 is 0 Å². The van der Waals surface area contributed by atoms with Crippen LogP contribution in [-0.2, 0) is 20.3 Å². The van der Waals surface area contributed by atoms with Crippen molar-refractivity contribution in [2.45, 2.75) is 63.8 Å². The van der Waals surface area contributed by atoms with Gasteiger partial charge in [-0.05, 0) is 27.7 Å². The minimum absolute atomic E-state index is 0.167. The molecule has 0 aromatic rings. The van der Waals surface area contributed by atoms with Gasteiger partial charge in [0.25, 0.3) is 0 Å². The van der Waals surface area contributed by atoms with Gasteiger partial charge < -0.3 is 19.7 Å². The SMILES string of the molecule is C[C@@H]([C@@H](O)CS(=O)C(C)(C)C)[C@@H](O)CC1(C)OCCO1. The van der Waals surface area contributed by atoms with E-state index in [9.17, 15) is 14.4 Å². The summed E-state index contributed by atoms with van der Waals surface area (Å²) in [6.07, 6.45) is -1.27. The molecular formula is C14H28O5S. The van der Waals surface area contributed by atoms with Crippen molar-refractivity contribution in [3.8, 4) is 0 Å². The predicted molar refractivity (Wildman–Crippen MR) is 78.9 cm³/mol. The topological polar surface area (TPSA) is 76.0 Å². The monoisotopic (exact) mass is 308 g/mol. The molecule has 1 fully saturated rings. The molecule has 2 N–H and O–H groups in total. The second kappa shape index (κ2) is 6.83. The number of aliphatic hydroxyl groups is 2. The van der Waals surface area contributed by atoms with Crippen molar-refractivity contribution < 1.29 is 23.9 Å². The fourth-order valence-corrected chi connectivity index (χ4v) is 3.17. The summed E-state index contributed by atoms with van der Waals surface area (Å²) in [5.74, 6) is -0.998. The van der Waals surface area contributed by atoms with Crippen LogP contribution in [0.5, 0.6) is 0 Å². The molecule has 6 heteroatoms. The lowest BCUT2D eigenvalue weighted by Crippen LogP contribution is -2.41. The molecule has 0 aromatic heterocycles. The number of aliphatic hydroxyl groups excluding tert-OH is 2. The number of hydrogen-bond donors (Lipinski definition) is 2. The minimum Gasteiger partial charge on any atom is -0.393 e. The maximum Gasteiger partial charge on any atom is 0.168 e. The Kier molecular flexibility index (Phi) is 6.16. The summed E-state index contributed by atoms with van der Waals surface area (Å²) in [5.41, 5.74) is 0. The van der Waals surface area contributed by atoms with Gasteiger partial charge >= 0.3 is 0 Å². The van der Waals surface area contributed by atoms with Crippen molar-refractivity contribution in [1.82, 2.24) is 0 Å². The lowest BCUT2D eigenvalue weighted by molar-refractivity contribution is -0.170. The van der Waals surface area contributed by atoms with Crippen LogP contribution >= 0.6 is 0 Å².